The number of piperidine rings is 1. The average Bonchev–Trinajstić information content (AvgIpc) is 2.48. The van der Waals surface area contributed by atoms with Gasteiger partial charge in [0.1, 0.15) is 6.61 Å². The smallest absolute Gasteiger partial charge is 0.414 e. The van der Waals surface area contributed by atoms with Gasteiger partial charge in [-0.05, 0) is 18.9 Å². The summed E-state index contributed by atoms with van der Waals surface area (Å²) < 4.78 is 5.26. The second-order valence-corrected chi connectivity index (χ2v) is 5.53. The number of para-hydroxylation sites is 1. The van der Waals surface area contributed by atoms with Gasteiger partial charge in [-0.25, -0.2) is 4.79 Å². The summed E-state index contributed by atoms with van der Waals surface area (Å²) in [5.41, 5.74) is 7.21. The van der Waals surface area contributed by atoms with Gasteiger partial charge in [0.05, 0.1) is 12.2 Å². The number of amides is 2. The number of nitrogens with two attached hydrogens (primary N) is 1. The van der Waals surface area contributed by atoms with Crippen molar-refractivity contribution in [3.8, 4) is 0 Å². The van der Waals surface area contributed by atoms with E-state index in [1.165, 1.54) is 0 Å². The molecule has 6 heteroatoms. The molecule has 0 atom stereocenters. The number of carbonyl (C=O) groups excluding carboxylic acids is 2. The summed E-state index contributed by atoms with van der Waals surface area (Å²) in [5.74, 6) is -0.309. The Morgan fingerprint density at radius 1 is 1.29 bits per heavy atom. The summed E-state index contributed by atoms with van der Waals surface area (Å²) in [7, 11) is 0. The van der Waals surface area contributed by atoms with Crippen LogP contribution < -0.4 is 10.6 Å². The zero-order chi connectivity index (χ0) is 14.8. The number of nitrogens with zero attached hydrogens (tertiary/aromatic N) is 2. The highest BCUT2D eigenvalue weighted by Gasteiger charge is 2.34. The maximum atomic E-state index is 12.1. The minimum Gasteiger partial charge on any atom is -0.444 e. The van der Waals surface area contributed by atoms with Crippen LogP contribution in [0.1, 0.15) is 18.4 Å². The Morgan fingerprint density at radius 2 is 2.00 bits per heavy atom. The zero-order valence-electron chi connectivity index (χ0n) is 11.8. The molecule has 6 nitrogen and oxygen atoms in total. The van der Waals surface area contributed by atoms with Crippen LogP contribution in [0.2, 0.25) is 0 Å². The summed E-state index contributed by atoms with van der Waals surface area (Å²) >= 11 is 0. The Bertz CT molecular complexity index is 553. The molecule has 0 unspecified atom stereocenters. The minimum atomic E-state index is -0.309. The van der Waals surface area contributed by atoms with Crippen molar-refractivity contribution in [2.24, 2.45) is 5.73 Å². The van der Waals surface area contributed by atoms with Gasteiger partial charge in [-0.1, -0.05) is 18.2 Å². The number of hydrogen-bond acceptors (Lipinski definition) is 4. The summed E-state index contributed by atoms with van der Waals surface area (Å²) in [6.07, 6.45) is 1.36. The van der Waals surface area contributed by atoms with Crippen LogP contribution in [0, 0.1) is 0 Å². The first-order valence-corrected chi connectivity index (χ1v) is 7.19. The van der Waals surface area contributed by atoms with Crippen LogP contribution in [0.15, 0.2) is 24.3 Å². The van der Waals surface area contributed by atoms with Crippen LogP contribution >= 0.6 is 0 Å². The van der Waals surface area contributed by atoms with Gasteiger partial charge in [0.2, 0.25) is 5.91 Å². The van der Waals surface area contributed by atoms with Crippen LogP contribution in [-0.2, 0) is 16.1 Å². The van der Waals surface area contributed by atoms with Gasteiger partial charge >= 0.3 is 6.09 Å². The van der Waals surface area contributed by atoms with Gasteiger partial charge in [-0.3, -0.25) is 14.6 Å². The van der Waals surface area contributed by atoms with Crippen LogP contribution in [0.3, 0.4) is 0 Å². The molecule has 0 aliphatic carbocycles. The molecule has 2 aliphatic rings. The maximum absolute atomic E-state index is 12.1. The van der Waals surface area contributed by atoms with Crippen LogP contribution in [0.5, 0.6) is 0 Å². The molecule has 3 rings (SSSR count). The number of carbonyl (C=O) groups is 2. The van der Waals surface area contributed by atoms with E-state index in [1.807, 2.05) is 29.2 Å². The van der Waals surface area contributed by atoms with E-state index in [1.54, 1.807) is 4.90 Å². The van der Waals surface area contributed by atoms with Crippen molar-refractivity contribution >= 4 is 17.7 Å². The lowest BCUT2D eigenvalue weighted by molar-refractivity contribution is -0.119. The molecule has 2 heterocycles. The van der Waals surface area contributed by atoms with Crippen LogP contribution in [0.4, 0.5) is 10.5 Å². The molecule has 1 fully saturated rings. The predicted octanol–water partition coefficient (Wildman–Crippen LogP) is 1.09. The van der Waals surface area contributed by atoms with Crippen molar-refractivity contribution in [2.45, 2.75) is 25.5 Å². The number of primary amides is 1. The predicted molar refractivity (Wildman–Crippen MR) is 77.8 cm³/mol. The standard InChI is InChI=1S/C15H19N3O3/c16-14(19)9-17-7-5-12(6-8-17)18-13-4-2-1-3-11(13)10-21-15(18)20/h1-4,12H,5-10H2,(H2,16,19). The van der Waals surface area contributed by atoms with Gasteiger partial charge in [-0.15, -0.1) is 0 Å². The van der Waals surface area contributed by atoms with Crippen LogP contribution in [0.25, 0.3) is 0 Å². The Kier molecular flexibility index (Phi) is 3.79. The van der Waals surface area contributed by atoms with Crippen molar-refractivity contribution in [3.63, 3.8) is 0 Å². The third-order valence-electron chi connectivity index (χ3n) is 4.10. The minimum absolute atomic E-state index is 0.114. The summed E-state index contributed by atoms with van der Waals surface area (Å²) in [6.45, 7) is 2.15. The van der Waals surface area contributed by atoms with E-state index in [-0.39, 0.29) is 24.6 Å². The molecule has 2 amide bonds. The number of fused-ring (bicyclic) bond motifs is 1. The molecule has 0 aromatic heterocycles. The van der Waals surface area contributed by atoms with E-state index in [0.29, 0.717) is 6.61 Å². The van der Waals surface area contributed by atoms with Gasteiger partial charge in [-0.2, -0.15) is 0 Å². The Hall–Kier alpha value is -2.08. The molecule has 1 aromatic carbocycles. The van der Waals surface area contributed by atoms with Gasteiger partial charge < -0.3 is 10.5 Å². The van der Waals surface area contributed by atoms with Gasteiger partial charge in [0, 0.05) is 24.7 Å². The van der Waals surface area contributed by atoms with Crippen LogP contribution in [-0.4, -0.2) is 42.6 Å². The Labute approximate surface area is 123 Å². The van der Waals surface area contributed by atoms with E-state index in [4.69, 9.17) is 10.5 Å². The molecule has 0 saturated carbocycles. The lowest BCUT2D eigenvalue weighted by Crippen LogP contribution is -2.50. The topological polar surface area (TPSA) is 75.9 Å². The number of cyclic esters (lactones) is 1. The monoisotopic (exact) mass is 289 g/mol. The molecule has 0 radical (unpaired) electrons. The molecule has 21 heavy (non-hydrogen) atoms. The van der Waals surface area contributed by atoms with Gasteiger partial charge in [0.15, 0.2) is 0 Å². The van der Waals surface area contributed by atoms with E-state index >= 15 is 0 Å². The number of ether oxygens (including phenoxy) is 1. The molecule has 2 N–H and O–H groups in total. The first-order chi connectivity index (χ1) is 10.1. The highest BCUT2D eigenvalue weighted by Crippen LogP contribution is 2.31. The van der Waals surface area contributed by atoms with E-state index in [2.05, 4.69) is 0 Å². The number of benzene rings is 1. The fourth-order valence-corrected chi connectivity index (χ4v) is 3.08. The lowest BCUT2D eigenvalue weighted by Gasteiger charge is -2.39. The highest BCUT2D eigenvalue weighted by molar-refractivity contribution is 5.91. The molecule has 1 aromatic rings. The lowest BCUT2D eigenvalue weighted by atomic mass is 10.0. The Morgan fingerprint density at radius 3 is 2.71 bits per heavy atom. The molecule has 2 aliphatic heterocycles. The third kappa shape index (κ3) is 2.85. The molecule has 112 valence electrons. The third-order valence-corrected chi connectivity index (χ3v) is 4.10. The maximum Gasteiger partial charge on any atom is 0.414 e. The molecule has 0 spiro atoms. The SMILES string of the molecule is NC(=O)CN1CCC(N2C(=O)OCc3ccccc32)CC1. The van der Waals surface area contributed by atoms with Crippen molar-refractivity contribution in [2.75, 3.05) is 24.5 Å². The van der Waals surface area contributed by atoms with Crippen molar-refractivity contribution in [1.82, 2.24) is 4.90 Å². The van der Waals surface area contributed by atoms with E-state index in [9.17, 15) is 9.59 Å². The summed E-state index contributed by atoms with van der Waals surface area (Å²) in [5, 5.41) is 0. The number of likely N-dealkylation sites (tertiary alicyclic amines) is 1. The van der Waals surface area contributed by atoms with Gasteiger partial charge in [0.25, 0.3) is 0 Å². The molecular weight excluding hydrogens is 270 g/mol. The first-order valence-electron chi connectivity index (χ1n) is 7.19. The Balaban J connectivity index is 1.73. The van der Waals surface area contributed by atoms with E-state index < -0.39 is 0 Å². The quantitative estimate of drug-likeness (QED) is 0.904. The molecular formula is C15H19N3O3. The van der Waals surface area contributed by atoms with Crippen molar-refractivity contribution in [3.05, 3.63) is 29.8 Å². The molecule has 0 bridgehead atoms. The zero-order valence-corrected chi connectivity index (χ0v) is 11.8. The largest absolute Gasteiger partial charge is 0.444 e. The van der Waals surface area contributed by atoms with E-state index in [0.717, 1.165) is 37.2 Å². The normalized spacial score (nSPS) is 20.0. The fraction of sp³-hybridized carbons (Fsp3) is 0.467. The molecule has 1 saturated heterocycles. The second-order valence-electron chi connectivity index (χ2n) is 5.53. The number of anilines is 1. The average molecular weight is 289 g/mol. The summed E-state index contributed by atoms with van der Waals surface area (Å²) in [4.78, 5) is 26.9. The van der Waals surface area contributed by atoms with Crippen molar-refractivity contribution < 1.29 is 14.3 Å². The fourth-order valence-electron chi connectivity index (χ4n) is 3.08. The van der Waals surface area contributed by atoms with Crippen molar-refractivity contribution in [1.29, 1.82) is 0 Å². The second kappa shape index (κ2) is 5.73. The number of hydrogen-bond donors (Lipinski definition) is 1. The number of rotatable bonds is 3. The highest BCUT2D eigenvalue weighted by atomic mass is 16.6. The summed E-state index contributed by atoms with van der Waals surface area (Å²) in [6, 6.07) is 7.95. The first kappa shape index (κ1) is 13.9.